The largest absolute Gasteiger partial charge is 0.332 e. The number of nitrogens with one attached hydrogen (secondary N) is 2. The molecule has 2 aromatic carbocycles. The van der Waals surface area contributed by atoms with Crippen molar-refractivity contribution in [1.29, 1.82) is 0 Å². The zero-order valence-electron chi connectivity index (χ0n) is 12.7. The molecule has 5 heteroatoms. The van der Waals surface area contributed by atoms with Gasteiger partial charge in [0.25, 0.3) is 0 Å². The van der Waals surface area contributed by atoms with Crippen LogP contribution < -0.4 is 10.6 Å². The van der Waals surface area contributed by atoms with Crippen molar-refractivity contribution >= 4 is 60.6 Å². The Kier molecular flexibility index (Phi) is 5.64. The molecule has 0 amide bonds. The molecule has 0 aliphatic rings. The molecule has 0 fully saturated rings. The third-order valence-electron chi connectivity index (χ3n) is 3.14. The van der Waals surface area contributed by atoms with E-state index in [0.717, 1.165) is 20.3 Å². The zero-order valence-corrected chi connectivity index (χ0v) is 16.7. The Labute approximate surface area is 154 Å². The highest BCUT2D eigenvalue weighted by molar-refractivity contribution is 9.10. The highest BCUT2D eigenvalue weighted by Gasteiger charge is 2.18. The van der Waals surface area contributed by atoms with Crippen LogP contribution in [-0.4, -0.2) is 5.11 Å². The molecular weight excluding hydrogens is 424 g/mol. The number of rotatable bonds is 2. The lowest BCUT2D eigenvalue weighted by Gasteiger charge is -2.24. The molecule has 0 bridgehead atoms. The van der Waals surface area contributed by atoms with Gasteiger partial charge in [0, 0.05) is 20.3 Å². The summed E-state index contributed by atoms with van der Waals surface area (Å²) in [4.78, 5) is 0. The van der Waals surface area contributed by atoms with Crippen LogP contribution in [0.3, 0.4) is 0 Å². The molecule has 0 aromatic heterocycles. The summed E-state index contributed by atoms with van der Waals surface area (Å²) < 4.78 is 2.11. The molecule has 0 aliphatic carbocycles. The molecule has 2 rings (SSSR count). The quantitative estimate of drug-likeness (QED) is 0.533. The van der Waals surface area contributed by atoms with Gasteiger partial charge in [0.15, 0.2) is 5.11 Å². The third kappa shape index (κ3) is 4.80. The van der Waals surface area contributed by atoms with Crippen molar-refractivity contribution in [3.05, 3.63) is 57.0 Å². The van der Waals surface area contributed by atoms with Crippen molar-refractivity contribution in [3.8, 4) is 0 Å². The monoisotopic (exact) mass is 440 g/mol. The lowest BCUT2D eigenvalue weighted by molar-refractivity contribution is 0.592. The number of hydrogen-bond donors (Lipinski definition) is 2. The normalized spacial score (nSPS) is 11.1. The summed E-state index contributed by atoms with van der Waals surface area (Å²) in [6.45, 7) is 6.56. The van der Waals surface area contributed by atoms with Gasteiger partial charge in [0.1, 0.15) is 0 Å². The Morgan fingerprint density at radius 1 is 0.909 bits per heavy atom. The molecule has 0 aliphatic heterocycles. The first-order valence-electron chi connectivity index (χ1n) is 6.89. The molecule has 2 N–H and O–H groups in total. The average Bonchev–Trinajstić information content (AvgIpc) is 2.42. The van der Waals surface area contributed by atoms with Gasteiger partial charge in [0.05, 0.1) is 0 Å². The zero-order chi connectivity index (χ0) is 16.3. The molecule has 2 nitrogen and oxygen atoms in total. The highest BCUT2D eigenvalue weighted by atomic mass is 79.9. The van der Waals surface area contributed by atoms with Crippen molar-refractivity contribution in [2.75, 3.05) is 10.6 Å². The van der Waals surface area contributed by atoms with Gasteiger partial charge in [0.2, 0.25) is 0 Å². The van der Waals surface area contributed by atoms with Crippen LogP contribution in [0.5, 0.6) is 0 Å². The summed E-state index contributed by atoms with van der Waals surface area (Å²) in [7, 11) is 0. The van der Waals surface area contributed by atoms with Crippen LogP contribution in [0, 0.1) is 0 Å². The second-order valence-corrected chi connectivity index (χ2v) is 8.27. The summed E-state index contributed by atoms with van der Waals surface area (Å²) in [5.41, 5.74) is 3.21. The first-order chi connectivity index (χ1) is 10.3. The van der Waals surface area contributed by atoms with Gasteiger partial charge in [-0.2, -0.15) is 0 Å². The van der Waals surface area contributed by atoms with E-state index in [1.165, 1.54) is 5.56 Å². The van der Waals surface area contributed by atoms with E-state index in [9.17, 15) is 0 Å². The number of thiocarbonyl (C=S) groups is 1. The predicted octanol–water partition coefficient (Wildman–Crippen LogP) is 6.32. The number of halogens is 2. The average molecular weight is 442 g/mol. The summed E-state index contributed by atoms with van der Waals surface area (Å²) in [6.07, 6.45) is 0. The topological polar surface area (TPSA) is 24.1 Å². The SMILES string of the molecule is CC(C)(C)c1cc(Br)ccc1NC(=S)Nc1ccc(Br)cc1. The molecule has 0 heterocycles. The number of hydrogen-bond acceptors (Lipinski definition) is 1. The molecule has 0 saturated carbocycles. The van der Waals surface area contributed by atoms with E-state index < -0.39 is 0 Å². The maximum Gasteiger partial charge on any atom is 0.175 e. The lowest BCUT2D eigenvalue weighted by atomic mass is 9.86. The van der Waals surface area contributed by atoms with Gasteiger partial charge in [-0.1, -0.05) is 52.6 Å². The molecule has 0 saturated heterocycles. The van der Waals surface area contributed by atoms with Crippen LogP contribution in [0.25, 0.3) is 0 Å². The van der Waals surface area contributed by atoms with E-state index in [0.29, 0.717) is 5.11 Å². The first kappa shape index (κ1) is 17.4. The minimum atomic E-state index is 0.0271. The fraction of sp³-hybridized carbons (Fsp3) is 0.235. The minimum Gasteiger partial charge on any atom is -0.332 e. The van der Waals surface area contributed by atoms with Crippen LogP contribution in [0.2, 0.25) is 0 Å². The number of benzene rings is 2. The van der Waals surface area contributed by atoms with E-state index in [4.69, 9.17) is 12.2 Å². The Morgan fingerprint density at radius 2 is 1.50 bits per heavy atom. The first-order valence-corrected chi connectivity index (χ1v) is 8.89. The molecule has 22 heavy (non-hydrogen) atoms. The molecule has 0 unspecified atom stereocenters. The molecule has 0 atom stereocenters. The second kappa shape index (κ2) is 7.11. The third-order valence-corrected chi connectivity index (χ3v) is 4.37. The van der Waals surface area contributed by atoms with Gasteiger partial charge in [-0.3, -0.25) is 0 Å². The fourth-order valence-electron chi connectivity index (χ4n) is 2.06. The Morgan fingerprint density at radius 3 is 2.09 bits per heavy atom. The second-order valence-electron chi connectivity index (χ2n) is 6.03. The predicted molar refractivity (Wildman–Crippen MR) is 107 cm³/mol. The van der Waals surface area contributed by atoms with Crippen molar-refractivity contribution < 1.29 is 0 Å². The molecule has 116 valence electrons. The summed E-state index contributed by atoms with van der Waals surface area (Å²) >= 11 is 12.4. The molecule has 0 radical (unpaired) electrons. The number of anilines is 2. The van der Waals surface area contributed by atoms with Gasteiger partial charge in [-0.25, -0.2) is 0 Å². The van der Waals surface area contributed by atoms with Crippen LogP contribution in [0.1, 0.15) is 26.3 Å². The lowest BCUT2D eigenvalue weighted by Crippen LogP contribution is -2.22. The summed E-state index contributed by atoms with van der Waals surface area (Å²) in [6, 6.07) is 14.1. The Bertz CT molecular complexity index is 676. The fourth-order valence-corrected chi connectivity index (χ4v) is 2.92. The van der Waals surface area contributed by atoms with Crippen molar-refractivity contribution in [1.82, 2.24) is 0 Å². The van der Waals surface area contributed by atoms with Crippen LogP contribution in [0.4, 0.5) is 11.4 Å². The van der Waals surface area contributed by atoms with E-state index in [1.807, 2.05) is 36.4 Å². The van der Waals surface area contributed by atoms with Gasteiger partial charge in [-0.15, -0.1) is 0 Å². The Balaban J connectivity index is 2.16. The summed E-state index contributed by atoms with van der Waals surface area (Å²) in [5, 5.41) is 7.07. The van der Waals surface area contributed by atoms with Gasteiger partial charge in [-0.05, 0) is 65.7 Å². The van der Waals surface area contributed by atoms with Crippen molar-refractivity contribution in [2.45, 2.75) is 26.2 Å². The van der Waals surface area contributed by atoms with E-state index in [2.05, 4.69) is 69.3 Å². The van der Waals surface area contributed by atoms with Crippen LogP contribution in [-0.2, 0) is 5.41 Å². The van der Waals surface area contributed by atoms with Crippen LogP contribution >= 0.6 is 44.1 Å². The van der Waals surface area contributed by atoms with E-state index >= 15 is 0 Å². The minimum absolute atomic E-state index is 0.0271. The van der Waals surface area contributed by atoms with Gasteiger partial charge < -0.3 is 10.6 Å². The molecule has 0 spiro atoms. The molecular formula is C17H18Br2N2S. The maximum atomic E-state index is 5.42. The van der Waals surface area contributed by atoms with E-state index in [-0.39, 0.29) is 5.41 Å². The highest BCUT2D eigenvalue weighted by Crippen LogP contribution is 2.32. The van der Waals surface area contributed by atoms with Crippen molar-refractivity contribution in [3.63, 3.8) is 0 Å². The van der Waals surface area contributed by atoms with E-state index in [1.54, 1.807) is 0 Å². The summed E-state index contributed by atoms with van der Waals surface area (Å²) in [5.74, 6) is 0. The molecule has 2 aromatic rings. The Hall–Kier alpha value is -0.910. The maximum absolute atomic E-state index is 5.42. The van der Waals surface area contributed by atoms with Gasteiger partial charge >= 0.3 is 0 Å². The van der Waals surface area contributed by atoms with Crippen LogP contribution in [0.15, 0.2) is 51.4 Å². The standard InChI is InChI=1S/C17H18Br2N2S/c1-17(2,3)14-10-12(19)6-9-15(14)21-16(22)20-13-7-4-11(18)5-8-13/h4-10H,1-3H3,(H2,20,21,22). The smallest absolute Gasteiger partial charge is 0.175 e. The van der Waals surface area contributed by atoms with Crippen molar-refractivity contribution in [2.24, 2.45) is 0 Å².